The second kappa shape index (κ2) is 5.96. The van der Waals surface area contributed by atoms with Gasteiger partial charge in [-0.25, -0.2) is 10.6 Å². The van der Waals surface area contributed by atoms with Gasteiger partial charge in [0.25, 0.3) is 0 Å². The summed E-state index contributed by atoms with van der Waals surface area (Å²) in [6.07, 6.45) is -1.22. The van der Waals surface area contributed by atoms with Crippen molar-refractivity contribution in [2.24, 2.45) is 5.84 Å². The second-order valence-corrected chi connectivity index (χ2v) is 3.60. The van der Waals surface area contributed by atoms with Crippen LogP contribution in [-0.4, -0.2) is 19.6 Å². The average molecular weight is 233 g/mol. The minimum atomic E-state index is -4.25. The Bertz CT molecular complexity index is 403. The van der Waals surface area contributed by atoms with Crippen LogP contribution in [-0.2, 0) is 14.7 Å². The molecular weight excluding hydrogens is 224 g/mol. The van der Waals surface area contributed by atoms with Crippen LogP contribution in [0.4, 0.5) is 4.79 Å². The summed E-state index contributed by atoms with van der Waals surface area (Å²) in [5.74, 6) is 4.32. The Kier molecular flexibility index (Phi) is 5.31. The van der Waals surface area contributed by atoms with Crippen molar-refractivity contribution < 1.29 is 22.9 Å². The number of hydrogen-bond acceptors (Lipinski definition) is 4. The van der Waals surface area contributed by atoms with Crippen molar-refractivity contribution in [1.29, 1.82) is 0 Å². The summed E-state index contributed by atoms with van der Waals surface area (Å²) in [6.45, 7) is 0. The van der Waals surface area contributed by atoms with Gasteiger partial charge in [-0.2, -0.15) is 8.42 Å². The van der Waals surface area contributed by atoms with Gasteiger partial charge in [0.15, 0.2) is 0 Å². The maximum atomic E-state index is 10.3. The van der Waals surface area contributed by atoms with Gasteiger partial charge in [-0.15, -0.1) is 0 Å². The third-order valence-corrected chi connectivity index (χ3v) is 2.00. The summed E-state index contributed by atoms with van der Waals surface area (Å²) >= 11 is 0. The third kappa shape index (κ3) is 6.43. The lowest BCUT2D eigenvalue weighted by molar-refractivity contribution is 0.194. The molecule has 0 saturated heterocycles. The van der Waals surface area contributed by atoms with Gasteiger partial charge in [0, 0.05) is 0 Å². The van der Waals surface area contributed by atoms with Gasteiger partial charge in [0.05, 0.1) is 4.90 Å². The highest BCUT2D eigenvalue weighted by Gasteiger charge is 2.08. The fourth-order valence-corrected chi connectivity index (χ4v) is 1.08. The number of hydrazine groups is 1. The molecule has 83 valence electrons. The molecule has 0 aromatic heterocycles. The smallest absolute Gasteiger partial charge is 0.418 e. The van der Waals surface area contributed by atoms with Crippen LogP contribution in [0.15, 0.2) is 35.2 Å². The first-order chi connectivity index (χ1) is 6.88. The molecule has 0 aliphatic heterocycles. The number of hydrogen-bond donors (Lipinski definition) is 3. The molecule has 0 heterocycles. The Morgan fingerprint density at radius 1 is 1.27 bits per heavy atom. The van der Waals surface area contributed by atoms with E-state index in [1.54, 1.807) is 6.07 Å². The van der Waals surface area contributed by atoms with Crippen molar-refractivity contribution in [3.05, 3.63) is 30.3 Å². The number of rotatable bonds is 1. The van der Waals surface area contributed by atoms with Crippen LogP contribution >= 0.6 is 0 Å². The van der Waals surface area contributed by atoms with E-state index in [1.165, 1.54) is 29.7 Å². The molecule has 1 aromatic carbocycles. The topological polar surface area (TPSA) is 129 Å². The normalized spacial score (nSPS) is 9.73. The van der Waals surface area contributed by atoms with Gasteiger partial charge in [-0.1, -0.05) is 22.8 Å². The van der Waals surface area contributed by atoms with Gasteiger partial charge in [0.2, 0.25) is 0 Å². The SMILES string of the molecule is NNC(=O)O.[O]S(=O)(=O)c1ccccc1. The zero-order chi connectivity index (χ0) is 11.9. The fourth-order valence-electron chi connectivity index (χ4n) is 0.587. The van der Waals surface area contributed by atoms with Gasteiger partial charge in [-0.05, 0) is 12.1 Å². The minimum absolute atomic E-state index is 0.185. The maximum Gasteiger partial charge on any atom is 0.418 e. The van der Waals surface area contributed by atoms with E-state index in [0.29, 0.717) is 0 Å². The van der Waals surface area contributed by atoms with Crippen LogP contribution in [0.1, 0.15) is 0 Å². The predicted octanol–water partition coefficient (Wildman–Crippen LogP) is -0.0665. The first-order valence-electron chi connectivity index (χ1n) is 3.58. The molecule has 1 rings (SSSR count). The standard InChI is InChI=1S/C6H5O3S.CH4N2O2/c7-10(8,9)6-4-2-1-3-5-6;2-3-1(4)5/h1-5H;3H,2H2,(H,4,5). The molecule has 0 unspecified atom stereocenters. The van der Waals surface area contributed by atoms with Crippen molar-refractivity contribution in [2.45, 2.75) is 4.90 Å². The monoisotopic (exact) mass is 233 g/mol. The molecule has 8 heteroatoms. The van der Waals surface area contributed by atoms with Gasteiger partial charge < -0.3 is 5.11 Å². The van der Waals surface area contributed by atoms with E-state index < -0.39 is 16.2 Å². The zero-order valence-electron chi connectivity index (χ0n) is 7.45. The van der Waals surface area contributed by atoms with E-state index in [0.717, 1.165) is 0 Å². The highest BCUT2D eigenvalue weighted by Crippen LogP contribution is 2.05. The van der Waals surface area contributed by atoms with Gasteiger partial charge in [-0.3, -0.25) is 5.43 Å². The number of carboxylic acid groups (broad SMARTS) is 1. The molecular formula is C7H9N2O5S. The molecule has 0 bridgehead atoms. The molecule has 1 amide bonds. The molecule has 0 spiro atoms. The molecule has 0 aliphatic rings. The lowest BCUT2D eigenvalue weighted by Crippen LogP contribution is -2.27. The second-order valence-electron chi connectivity index (χ2n) is 2.22. The largest absolute Gasteiger partial charge is 0.464 e. The summed E-state index contributed by atoms with van der Waals surface area (Å²) in [5.41, 5.74) is 1.44. The van der Waals surface area contributed by atoms with E-state index in [9.17, 15) is 13.0 Å². The summed E-state index contributed by atoms with van der Waals surface area (Å²) < 4.78 is 30.8. The van der Waals surface area contributed by atoms with Crippen LogP contribution in [0.3, 0.4) is 0 Å². The molecule has 15 heavy (non-hydrogen) atoms. The highest BCUT2D eigenvalue weighted by atomic mass is 32.2. The molecule has 0 atom stereocenters. The molecule has 0 aliphatic carbocycles. The summed E-state index contributed by atoms with van der Waals surface area (Å²) in [7, 11) is -4.25. The fraction of sp³-hybridized carbons (Fsp3) is 0. The van der Waals surface area contributed by atoms with Gasteiger partial charge in [0.1, 0.15) is 0 Å². The third-order valence-electron chi connectivity index (χ3n) is 1.16. The Morgan fingerprint density at radius 3 is 1.87 bits per heavy atom. The van der Waals surface area contributed by atoms with Crippen molar-refractivity contribution in [1.82, 2.24) is 5.43 Å². The van der Waals surface area contributed by atoms with Crippen molar-refractivity contribution in [3.63, 3.8) is 0 Å². The van der Waals surface area contributed by atoms with Crippen molar-refractivity contribution in [3.8, 4) is 0 Å². The number of amides is 1. The highest BCUT2D eigenvalue weighted by molar-refractivity contribution is 7.85. The van der Waals surface area contributed by atoms with Crippen LogP contribution in [0.5, 0.6) is 0 Å². The quantitative estimate of drug-likeness (QED) is 0.355. The number of benzene rings is 1. The van der Waals surface area contributed by atoms with Crippen LogP contribution in [0.2, 0.25) is 0 Å². The van der Waals surface area contributed by atoms with Crippen LogP contribution < -0.4 is 11.3 Å². The van der Waals surface area contributed by atoms with Crippen molar-refractivity contribution >= 4 is 16.2 Å². The molecule has 1 aromatic rings. The zero-order valence-corrected chi connectivity index (χ0v) is 8.27. The average Bonchev–Trinajstić information content (AvgIpc) is 2.19. The minimum Gasteiger partial charge on any atom is -0.464 e. The number of carbonyl (C=O) groups is 1. The first-order valence-corrected chi connectivity index (χ1v) is 4.99. The van der Waals surface area contributed by atoms with E-state index >= 15 is 0 Å². The van der Waals surface area contributed by atoms with E-state index in [-0.39, 0.29) is 4.90 Å². The number of nitrogens with two attached hydrogens (primary N) is 1. The lowest BCUT2D eigenvalue weighted by atomic mass is 10.4. The Hall–Kier alpha value is -1.64. The molecule has 1 radical (unpaired) electrons. The Morgan fingerprint density at radius 2 is 1.67 bits per heavy atom. The van der Waals surface area contributed by atoms with Crippen LogP contribution in [0.25, 0.3) is 0 Å². The molecule has 0 fully saturated rings. The van der Waals surface area contributed by atoms with Crippen LogP contribution in [0, 0.1) is 0 Å². The summed E-state index contributed by atoms with van der Waals surface area (Å²) in [5, 5.41) is 7.49. The summed E-state index contributed by atoms with van der Waals surface area (Å²) in [6, 6.07) is 7.19. The van der Waals surface area contributed by atoms with E-state index in [4.69, 9.17) is 9.90 Å². The van der Waals surface area contributed by atoms with E-state index in [1.807, 2.05) is 0 Å². The van der Waals surface area contributed by atoms with Crippen molar-refractivity contribution in [2.75, 3.05) is 0 Å². The number of nitrogens with one attached hydrogen (secondary N) is 1. The summed E-state index contributed by atoms with van der Waals surface area (Å²) in [4.78, 5) is 8.95. The predicted molar refractivity (Wildman–Crippen MR) is 49.7 cm³/mol. The van der Waals surface area contributed by atoms with Gasteiger partial charge >= 0.3 is 16.2 Å². The molecule has 7 nitrogen and oxygen atoms in total. The maximum absolute atomic E-state index is 10.3. The van der Waals surface area contributed by atoms with E-state index in [2.05, 4.69) is 5.84 Å². The molecule has 4 N–H and O–H groups in total. The Balaban J connectivity index is 0.000000336. The molecule has 0 saturated carbocycles. The Labute approximate surface area is 86.2 Å². The lowest BCUT2D eigenvalue weighted by Gasteiger charge is -1.89. The first kappa shape index (κ1) is 13.4.